The first-order chi connectivity index (χ1) is 22.1. The molecule has 0 radical (unpaired) electrons. The van der Waals surface area contributed by atoms with E-state index in [-0.39, 0.29) is 23.4 Å². The van der Waals surface area contributed by atoms with Gasteiger partial charge in [-0.05, 0) is 68.5 Å². The third-order valence-electron chi connectivity index (χ3n) is 8.68. The Morgan fingerprint density at radius 1 is 0.783 bits per heavy atom. The van der Waals surface area contributed by atoms with Crippen LogP contribution in [-0.2, 0) is 32.6 Å². The zero-order valence-electron chi connectivity index (χ0n) is 26.9. The van der Waals surface area contributed by atoms with Gasteiger partial charge in [-0.3, -0.25) is 13.9 Å². The van der Waals surface area contributed by atoms with Crippen molar-refractivity contribution in [1.82, 2.24) is 10.2 Å². The van der Waals surface area contributed by atoms with Gasteiger partial charge in [0.1, 0.15) is 12.6 Å². The Labute approximate surface area is 273 Å². The lowest BCUT2D eigenvalue weighted by molar-refractivity contribution is -0.140. The van der Waals surface area contributed by atoms with E-state index in [1.165, 1.54) is 16.4 Å². The van der Waals surface area contributed by atoms with E-state index in [2.05, 4.69) is 5.32 Å². The third kappa shape index (κ3) is 8.04. The monoisotopic (exact) mass is 637 g/mol. The maximum atomic E-state index is 14.7. The van der Waals surface area contributed by atoms with Crippen LogP contribution in [0.4, 0.5) is 5.69 Å². The number of rotatable bonds is 12. The minimum atomic E-state index is -4.13. The van der Waals surface area contributed by atoms with Crippen LogP contribution in [-0.4, -0.2) is 43.8 Å². The van der Waals surface area contributed by atoms with Crippen molar-refractivity contribution in [3.63, 3.8) is 0 Å². The molecule has 0 spiro atoms. The number of nitrogens with zero attached hydrogens (tertiary/aromatic N) is 2. The number of amides is 2. The first kappa shape index (κ1) is 32.9. The molecule has 1 N–H and O–H groups in total. The van der Waals surface area contributed by atoms with E-state index in [0.717, 1.165) is 53.5 Å². The summed E-state index contributed by atoms with van der Waals surface area (Å²) >= 11 is 0. The van der Waals surface area contributed by atoms with Crippen LogP contribution in [0.5, 0.6) is 0 Å². The summed E-state index contributed by atoms with van der Waals surface area (Å²) in [6.45, 7) is 5.47. The molecule has 1 aliphatic rings. The number of nitrogens with one attached hydrogen (secondary N) is 1. The van der Waals surface area contributed by atoms with Gasteiger partial charge in [-0.15, -0.1) is 0 Å². The molecule has 7 nitrogen and oxygen atoms in total. The maximum absolute atomic E-state index is 14.7. The van der Waals surface area contributed by atoms with E-state index in [0.29, 0.717) is 12.1 Å². The molecular weight excluding hydrogens is 595 g/mol. The van der Waals surface area contributed by atoms with Gasteiger partial charge in [0.2, 0.25) is 11.8 Å². The standard InChI is InChI=1S/C38H43N3O4S/c1-28-18-21-32(22-19-28)26-40(36(25-31-12-6-4-7-13-31)38(43)39-33-14-10-11-15-33)37(42)27-41(35-23-20-29(2)24-30(35)3)46(44,45)34-16-8-5-9-17-34/h4-9,12-13,16-24,33,36H,10-11,14-15,25-27H2,1-3H3,(H,39,43)/t36-/m1/s1. The number of carbonyl (C=O) groups excluding carboxylic acids is 2. The minimum absolute atomic E-state index is 0.0623. The molecule has 1 atom stereocenters. The predicted octanol–water partition coefficient (Wildman–Crippen LogP) is 6.51. The van der Waals surface area contributed by atoms with Crippen LogP contribution in [0.2, 0.25) is 0 Å². The molecule has 1 aliphatic carbocycles. The van der Waals surface area contributed by atoms with Crippen LogP contribution >= 0.6 is 0 Å². The number of aryl methyl sites for hydroxylation is 3. The molecule has 2 amide bonds. The van der Waals surface area contributed by atoms with E-state index >= 15 is 0 Å². The van der Waals surface area contributed by atoms with Crippen molar-refractivity contribution < 1.29 is 18.0 Å². The second kappa shape index (κ2) is 14.8. The van der Waals surface area contributed by atoms with Gasteiger partial charge in [0.05, 0.1) is 10.6 Å². The van der Waals surface area contributed by atoms with E-state index in [1.54, 1.807) is 29.2 Å². The molecule has 1 saturated carbocycles. The summed E-state index contributed by atoms with van der Waals surface area (Å²) in [6, 6.07) is 30.4. The molecule has 8 heteroatoms. The Hall–Kier alpha value is -4.43. The second-order valence-corrected chi connectivity index (χ2v) is 14.2. The highest BCUT2D eigenvalue weighted by Crippen LogP contribution is 2.29. The highest BCUT2D eigenvalue weighted by atomic mass is 32.2. The van der Waals surface area contributed by atoms with E-state index in [4.69, 9.17) is 0 Å². The quantitative estimate of drug-likeness (QED) is 0.192. The lowest BCUT2D eigenvalue weighted by Gasteiger charge is -2.34. The number of hydrogen-bond donors (Lipinski definition) is 1. The third-order valence-corrected chi connectivity index (χ3v) is 10.5. The average molecular weight is 638 g/mol. The van der Waals surface area contributed by atoms with Gasteiger partial charge < -0.3 is 10.2 Å². The molecule has 0 unspecified atom stereocenters. The molecule has 0 bridgehead atoms. The summed E-state index contributed by atoms with van der Waals surface area (Å²) in [5.41, 5.74) is 4.99. The topological polar surface area (TPSA) is 86.8 Å². The average Bonchev–Trinajstić information content (AvgIpc) is 3.56. The SMILES string of the molecule is Cc1ccc(CN(C(=O)CN(c2ccc(C)cc2C)S(=O)(=O)c2ccccc2)[C@H](Cc2ccccc2)C(=O)NC2CCCC2)cc1. The summed E-state index contributed by atoms with van der Waals surface area (Å²) in [6.07, 6.45) is 4.23. The van der Waals surface area contributed by atoms with Crippen molar-refractivity contribution in [3.8, 4) is 0 Å². The molecule has 5 rings (SSSR count). The molecule has 4 aromatic carbocycles. The number of anilines is 1. The van der Waals surface area contributed by atoms with Crippen LogP contribution in [0, 0.1) is 20.8 Å². The van der Waals surface area contributed by atoms with Crippen molar-refractivity contribution in [1.29, 1.82) is 0 Å². The molecule has 1 fully saturated rings. The first-order valence-corrected chi connectivity index (χ1v) is 17.4. The van der Waals surface area contributed by atoms with E-state index in [1.807, 2.05) is 87.5 Å². The summed E-state index contributed by atoms with van der Waals surface area (Å²) in [4.78, 5) is 30.4. The van der Waals surface area contributed by atoms with Gasteiger partial charge in [0, 0.05) is 19.0 Å². The maximum Gasteiger partial charge on any atom is 0.264 e. The van der Waals surface area contributed by atoms with Gasteiger partial charge >= 0.3 is 0 Å². The number of hydrogen-bond acceptors (Lipinski definition) is 4. The Morgan fingerprint density at radius 3 is 2.02 bits per heavy atom. The number of benzene rings is 4. The fourth-order valence-electron chi connectivity index (χ4n) is 6.13. The largest absolute Gasteiger partial charge is 0.352 e. The van der Waals surface area contributed by atoms with Crippen LogP contribution in [0.25, 0.3) is 0 Å². The summed E-state index contributed by atoms with van der Waals surface area (Å²) < 4.78 is 29.6. The fraction of sp³-hybridized carbons (Fsp3) is 0.316. The Kier molecular flexibility index (Phi) is 10.6. The van der Waals surface area contributed by atoms with Crippen molar-refractivity contribution in [2.75, 3.05) is 10.8 Å². The van der Waals surface area contributed by atoms with Gasteiger partial charge in [-0.25, -0.2) is 8.42 Å². The molecule has 4 aromatic rings. The highest BCUT2D eigenvalue weighted by molar-refractivity contribution is 7.92. The fourth-order valence-corrected chi connectivity index (χ4v) is 7.63. The van der Waals surface area contributed by atoms with Gasteiger partial charge in [0.25, 0.3) is 10.0 Å². The molecule has 46 heavy (non-hydrogen) atoms. The van der Waals surface area contributed by atoms with E-state index in [9.17, 15) is 18.0 Å². The molecule has 0 aliphatic heterocycles. The Bertz CT molecular complexity index is 1740. The smallest absolute Gasteiger partial charge is 0.264 e. The van der Waals surface area contributed by atoms with Gasteiger partial charge in [-0.2, -0.15) is 0 Å². The van der Waals surface area contributed by atoms with Crippen molar-refractivity contribution in [2.45, 2.75) is 76.4 Å². The minimum Gasteiger partial charge on any atom is -0.352 e. The summed E-state index contributed by atoms with van der Waals surface area (Å²) in [5, 5.41) is 3.22. The second-order valence-electron chi connectivity index (χ2n) is 12.3. The van der Waals surface area contributed by atoms with Crippen LogP contribution in [0.1, 0.15) is 53.5 Å². The summed E-state index contributed by atoms with van der Waals surface area (Å²) in [7, 11) is -4.13. The lowest BCUT2D eigenvalue weighted by atomic mass is 10.0. The lowest BCUT2D eigenvalue weighted by Crippen LogP contribution is -2.54. The molecular formula is C38H43N3O4S. The molecule has 0 aromatic heterocycles. The van der Waals surface area contributed by atoms with Crippen LogP contribution < -0.4 is 9.62 Å². The predicted molar refractivity (Wildman–Crippen MR) is 183 cm³/mol. The molecule has 0 saturated heterocycles. The summed E-state index contributed by atoms with van der Waals surface area (Å²) in [5.74, 6) is -0.678. The number of sulfonamides is 1. The first-order valence-electron chi connectivity index (χ1n) is 16.0. The Morgan fingerprint density at radius 2 is 1.39 bits per heavy atom. The molecule has 240 valence electrons. The highest BCUT2D eigenvalue weighted by Gasteiger charge is 2.36. The normalized spacial score (nSPS) is 14.1. The van der Waals surface area contributed by atoms with Crippen LogP contribution in [0.15, 0.2) is 108 Å². The van der Waals surface area contributed by atoms with Crippen molar-refractivity contribution in [2.24, 2.45) is 0 Å². The van der Waals surface area contributed by atoms with Crippen LogP contribution in [0.3, 0.4) is 0 Å². The van der Waals surface area contributed by atoms with Crippen molar-refractivity contribution in [3.05, 3.63) is 131 Å². The Balaban J connectivity index is 1.57. The van der Waals surface area contributed by atoms with Gasteiger partial charge in [0.15, 0.2) is 0 Å². The number of carbonyl (C=O) groups is 2. The van der Waals surface area contributed by atoms with E-state index < -0.39 is 28.5 Å². The zero-order valence-corrected chi connectivity index (χ0v) is 27.7. The van der Waals surface area contributed by atoms with Gasteiger partial charge in [-0.1, -0.05) is 109 Å². The molecule has 0 heterocycles. The van der Waals surface area contributed by atoms with Crippen molar-refractivity contribution >= 4 is 27.5 Å². The zero-order chi connectivity index (χ0) is 32.7.